The van der Waals surface area contributed by atoms with E-state index in [4.69, 9.17) is 15.7 Å². The number of hydrogen-bond donors (Lipinski definition) is 1. The van der Waals surface area contributed by atoms with Crippen molar-refractivity contribution >= 4 is 22.6 Å². The van der Waals surface area contributed by atoms with E-state index >= 15 is 0 Å². The average Bonchev–Trinajstić information content (AvgIpc) is 2.18. The molecular formula is C10H11IN2O. The molecule has 1 unspecified atom stereocenters. The molecule has 0 saturated heterocycles. The molecule has 2 N–H and O–H groups in total. The Morgan fingerprint density at radius 3 is 2.86 bits per heavy atom. The number of nitriles is 1. The fourth-order valence-electron chi connectivity index (χ4n) is 1.13. The van der Waals surface area contributed by atoms with Gasteiger partial charge in [-0.2, -0.15) is 5.26 Å². The lowest BCUT2D eigenvalue weighted by Gasteiger charge is -2.10. The van der Waals surface area contributed by atoms with Crippen molar-refractivity contribution in [2.45, 2.75) is 12.5 Å². The van der Waals surface area contributed by atoms with Crippen molar-refractivity contribution in [3.05, 3.63) is 27.3 Å². The maximum absolute atomic E-state index is 8.51. The summed E-state index contributed by atoms with van der Waals surface area (Å²) < 4.78 is 6.14. The summed E-state index contributed by atoms with van der Waals surface area (Å²) in [7, 11) is 1.63. The lowest BCUT2D eigenvalue weighted by atomic mass is 10.1. The first kappa shape index (κ1) is 11.3. The first-order valence-corrected chi connectivity index (χ1v) is 5.23. The fourth-order valence-corrected chi connectivity index (χ4v) is 1.89. The lowest BCUT2D eigenvalue weighted by molar-refractivity contribution is 0.411. The number of rotatable bonds is 3. The van der Waals surface area contributed by atoms with Crippen molar-refractivity contribution in [2.75, 3.05) is 7.11 Å². The van der Waals surface area contributed by atoms with E-state index in [0.717, 1.165) is 14.9 Å². The monoisotopic (exact) mass is 302 g/mol. The zero-order valence-electron chi connectivity index (χ0n) is 7.83. The highest BCUT2D eigenvalue weighted by molar-refractivity contribution is 14.1. The van der Waals surface area contributed by atoms with Gasteiger partial charge in [0.2, 0.25) is 0 Å². The predicted octanol–water partition coefficient (Wildman–Crippen LogP) is 2.21. The minimum Gasteiger partial charge on any atom is -0.496 e. The molecule has 0 aliphatic carbocycles. The molecule has 0 aromatic heterocycles. The summed E-state index contributed by atoms with van der Waals surface area (Å²) in [5, 5.41) is 8.51. The van der Waals surface area contributed by atoms with E-state index in [-0.39, 0.29) is 6.04 Å². The molecule has 3 nitrogen and oxygen atoms in total. The van der Waals surface area contributed by atoms with E-state index in [1.807, 2.05) is 18.2 Å². The molecule has 1 aromatic carbocycles. The highest BCUT2D eigenvalue weighted by Crippen LogP contribution is 2.24. The summed E-state index contributed by atoms with van der Waals surface area (Å²) in [6.07, 6.45) is 0.336. The summed E-state index contributed by atoms with van der Waals surface area (Å²) >= 11 is 2.18. The zero-order chi connectivity index (χ0) is 10.6. The molecule has 0 radical (unpaired) electrons. The average molecular weight is 302 g/mol. The van der Waals surface area contributed by atoms with Crippen molar-refractivity contribution in [3.63, 3.8) is 0 Å². The Balaban J connectivity index is 2.92. The molecule has 0 saturated carbocycles. The molecule has 0 spiro atoms. The Kier molecular flexibility index (Phi) is 4.17. The van der Waals surface area contributed by atoms with Crippen LogP contribution in [0, 0.1) is 14.9 Å². The van der Waals surface area contributed by atoms with Crippen LogP contribution in [0.4, 0.5) is 0 Å². The largest absolute Gasteiger partial charge is 0.496 e. The molecule has 4 heteroatoms. The van der Waals surface area contributed by atoms with Crippen molar-refractivity contribution < 1.29 is 4.74 Å². The van der Waals surface area contributed by atoms with Crippen LogP contribution in [0.5, 0.6) is 5.75 Å². The van der Waals surface area contributed by atoms with Crippen LogP contribution in [0.25, 0.3) is 0 Å². The summed E-state index contributed by atoms with van der Waals surface area (Å²) in [6, 6.07) is 7.55. The molecule has 1 atom stereocenters. The Morgan fingerprint density at radius 1 is 1.64 bits per heavy atom. The molecule has 0 heterocycles. The van der Waals surface area contributed by atoms with Crippen LogP contribution in [0.15, 0.2) is 18.2 Å². The molecule has 0 aliphatic rings. The van der Waals surface area contributed by atoms with Crippen molar-refractivity contribution in [1.29, 1.82) is 5.26 Å². The minimum absolute atomic E-state index is 0.209. The summed E-state index contributed by atoms with van der Waals surface area (Å²) in [4.78, 5) is 0. The van der Waals surface area contributed by atoms with Gasteiger partial charge < -0.3 is 10.5 Å². The third-order valence-electron chi connectivity index (χ3n) is 1.92. The minimum atomic E-state index is -0.209. The Labute approximate surface area is 97.0 Å². The second kappa shape index (κ2) is 5.17. The van der Waals surface area contributed by atoms with Gasteiger partial charge in [0.15, 0.2) is 0 Å². The van der Waals surface area contributed by atoms with E-state index < -0.39 is 0 Å². The molecular weight excluding hydrogens is 291 g/mol. The first-order chi connectivity index (χ1) is 6.69. The molecule has 0 aliphatic heterocycles. The van der Waals surface area contributed by atoms with Gasteiger partial charge in [-0.05, 0) is 40.3 Å². The maximum Gasteiger partial charge on any atom is 0.132 e. The van der Waals surface area contributed by atoms with E-state index in [0.29, 0.717) is 6.42 Å². The number of nitrogens with zero attached hydrogens (tertiary/aromatic N) is 1. The topological polar surface area (TPSA) is 59.0 Å². The van der Waals surface area contributed by atoms with Gasteiger partial charge in [0, 0.05) is 6.04 Å². The van der Waals surface area contributed by atoms with E-state index in [1.54, 1.807) is 7.11 Å². The smallest absolute Gasteiger partial charge is 0.132 e. The second-order valence-corrected chi connectivity index (χ2v) is 4.02. The number of halogens is 1. The van der Waals surface area contributed by atoms with Crippen LogP contribution in [0.3, 0.4) is 0 Å². The van der Waals surface area contributed by atoms with Gasteiger partial charge in [0.25, 0.3) is 0 Å². The Morgan fingerprint density at radius 2 is 2.36 bits per heavy atom. The Hall–Kier alpha value is -0.800. The molecule has 1 aromatic rings. The number of hydrogen-bond acceptors (Lipinski definition) is 3. The molecule has 74 valence electrons. The number of nitrogens with two attached hydrogens (primary N) is 1. The number of benzene rings is 1. The number of methoxy groups -OCH3 is 1. The van der Waals surface area contributed by atoms with Gasteiger partial charge in [-0.3, -0.25) is 0 Å². The van der Waals surface area contributed by atoms with Crippen molar-refractivity contribution in [3.8, 4) is 11.8 Å². The standard InChI is InChI=1S/C10H11IN2O/c1-14-10-3-2-7(6-8(10)11)9(13)4-5-12/h2-3,6,9H,4,13H2,1H3. The Bertz CT molecular complexity index is 360. The van der Waals surface area contributed by atoms with Gasteiger partial charge in [0.1, 0.15) is 5.75 Å². The van der Waals surface area contributed by atoms with Gasteiger partial charge >= 0.3 is 0 Å². The van der Waals surface area contributed by atoms with Crippen LogP contribution in [0.1, 0.15) is 18.0 Å². The van der Waals surface area contributed by atoms with E-state index in [1.165, 1.54) is 0 Å². The summed E-state index contributed by atoms with van der Waals surface area (Å²) in [5.74, 6) is 0.832. The highest BCUT2D eigenvalue weighted by Gasteiger charge is 2.07. The quantitative estimate of drug-likeness (QED) is 0.871. The third kappa shape index (κ3) is 2.59. The molecule has 0 amide bonds. The summed E-state index contributed by atoms with van der Waals surface area (Å²) in [5.41, 5.74) is 6.77. The predicted molar refractivity (Wildman–Crippen MR) is 62.9 cm³/mol. The van der Waals surface area contributed by atoms with E-state index in [9.17, 15) is 0 Å². The van der Waals surface area contributed by atoms with Crippen LogP contribution in [0.2, 0.25) is 0 Å². The fraction of sp³-hybridized carbons (Fsp3) is 0.300. The van der Waals surface area contributed by atoms with Crippen LogP contribution < -0.4 is 10.5 Å². The van der Waals surface area contributed by atoms with Crippen molar-refractivity contribution in [1.82, 2.24) is 0 Å². The van der Waals surface area contributed by atoms with Crippen LogP contribution in [-0.4, -0.2) is 7.11 Å². The normalized spacial score (nSPS) is 11.9. The van der Waals surface area contributed by atoms with Gasteiger partial charge in [-0.25, -0.2) is 0 Å². The third-order valence-corrected chi connectivity index (χ3v) is 2.76. The zero-order valence-corrected chi connectivity index (χ0v) is 9.98. The maximum atomic E-state index is 8.51. The molecule has 0 fully saturated rings. The second-order valence-electron chi connectivity index (χ2n) is 2.86. The van der Waals surface area contributed by atoms with Gasteiger partial charge in [-0.1, -0.05) is 6.07 Å². The molecule has 14 heavy (non-hydrogen) atoms. The van der Waals surface area contributed by atoms with Gasteiger partial charge in [0.05, 0.1) is 23.2 Å². The number of ether oxygens (including phenoxy) is 1. The summed E-state index contributed by atoms with van der Waals surface area (Å²) in [6.45, 7) is 0. The SMILES string of the molecule is COc1ccc(C(N)CC#N)cc1I. The lowest BCUT2D eigenvalue weighted by Crippen LogP contribution is -2.09. The van der Waals surface area contributed by atoms with Crippen LogP contribution in [-0.2, 0) is 0 Å². The van der Waals surface area contributed by atoms with Gasteiger partial charge in [-0.15, -0.1) is 0 Å². The highest BCUT2D eigenvalue weighted by atomic mass is 127. The first-order valence-electron chi connectivity index (χ1n) is 4.15. The van der Waals surface area contributed by atoms with Crippen molar-refractivity contribution in [2.24, 2.45) is 5.73 Å². The molecule has 1 rings (SSSR count). The van der Waals surface area contributed by atoms with E-state index in [2.05, 4.69) is 28.7 Å². The van der Waals surface area contributed by atoms with Crippen LogP contribution >= 0.6 is 22.6 Å². The molecule has 0 bridgehead atoms.